The lowest BCUT2D eigenvalue weighted by Crippen LogP contribution is -2.29. The second kappa shape index (κ2) is 9.29. The van der Waals surface area contributed by atoms with E-state index in [-0.39, 0.29) is 11.3 Å². The lowest BCUT2D eigenvalue weighted by molar-refractivity contribution is -0.137. The maximum absolute atomic E-state index is 12.9. The van der Waals surface area contributed by atoms with Crippen LogP contribution in [-0.2, 0) is 12.6 Å². The van der Waals surface area contributed by atoms with Gasteiger partial charge in [-0.3, -0.25) is 4.98 Å². The molecule has 0 fully saturated rings. The Balaban J connectivity index is 0.00000166. The standard InChI is InChI=1S/C23H28F3NO2.C2H6/c1-12(2)20-19(21(29)14-6-8-15(9-7-14)23(24,25)26)13(3)18-16(27-20)10-22(4,5)11-17(18)28;1-2/h6-9,12,17,21,28-29H,10-11H2,1-5H3;1-2H3. The molecule has 3 nitrogen and oxygen atoms in total. The van der Waals surface area contributed by atoms with Gasteiger partial charge in [0.2, 0.25) is 0 Å². The third-order valence-corrected chi connectivity index (χ3v) is 5.75. The molecule has 1 heterocycles. The molecule has 1 aliphatic carbocycles. The summed E-state index contributed by atoms with van der Waals surface area (Å²) in [5, 5.41) is 21.8. The quantitative estimate of drug-likeness (QED) is 0.565. The summed E-state index contributed by atoms with van der Waals surface area (Å²) in [4.78, 5) is 4.82. The third kappa shape index (κ3) is 5.29. The highest BCUT2D eigenvalue weighted by Gasteiger charge is 2.36. The smallest absolute Gasteiger partial charge is 0.388 e. The van der Waals surface area contributed by atoms with Crippen molar-refractivity contribution in [3.8, 4) is 0 Å². The Labute approximate surface area is 183 Å². The van der Waals surface area contributed by atoms with Gasteiger partial charge in [0, 0.05) is 22.5 Å². The Morgan fingerprint density at radius 2 is 1.65 bits per heavy atom. The molecule has 3 rings (SSSR count). The number of aliphatic hydroxyl groups is 2. The lowest BCUT2D eigenvalue weighted by Gasteiger charge is -2.36. The fraction of sp³-hybridized carbons (Fsp3) is 0.560. The highest BCUT2D eigenvalue weighted by Crippen LogP contribution is 2.44. The van der Waals surface area contributed by atoms with Crippen LogP contribution in [0.4, 0.5) is 13.2 Å². The van der Waals surface area contributed by atoms with Gasteiger partial charge in [0.05, 0.1) is 11.7 Å². The molecular weight excluding hydrogens is 403 g/mol. The van der Waals surface area contributed by atoms with E-state index in [0.717, 1.165) is 41.1 Å². The monoisotopic (exact) mass is 437 g/mol. The van der Waals surface area contributed by atoms with Crippen molar-refractivity contribution in [2.24, 2.45) is 5.41 Å². The van der Waals surface area contributed by atoms with Crippen LogP contribution in [-0.4, -0.2) is 15.2 Å². The average molecular weight is 438 g/mol. The first-order valence-electron chi connectivity index (χ1n) is 10.9. The minimum atomic E-state index is -4.42. The number of benzene rings is 1. The third-order valence-electron chi connectivity index (χ3n) is 5.75. The molecular formula is C25H34F3NO2. The summed E-state index contributed by atoms with van der Waals surface area (Å²) in [6, 6.07) is 4.56. The normalized spacial score (nSPS) is 18.8. The second-order valence-corrected chi connectivity index (χ2v) is 9.13. The zero-order valence-corrected chi connectivity index (χ0v) is 19.4. The highest BCUT2D eigenvalue weighted by molar-refractivity contribution is 5.48. The molecule has 0 saturated heterocycles. The van der Waals surface area contributed by atoms with Crippen LogP contribution in [0.1, 0.15) is 105 Å². The summed E-state index contributed by atoms with van der Waals surface area (Å²) in [5.74, 6) is 0.0141. The summed E-state index contributed by atoms with van der Waals surface area (Å²) in [6.45, 7) is 14.0. The van der Waals surface area contributed by atoms with Crippen LogP contribution < -0.4 is 0 Å². The minimum Gasteiger partial charge on any atom is -0.388 e. The van der Waals surface area contributed by atoms with E-state index in [1.54, 1.807) is 0 Å². The Hall–Kier alpha value is -1.92. The van der Waals surface area contributed by atoms with Crippen molar-refractivity contribution in [3.63, 3.8) is 0 Å². The van der Waals surface area contributed by atoms with E-state index in [1.807, 2.05) is 34.6 Å². The number of fused-ring (bicyclic) bond motifs is 1. The number of alkyl halides is 3. The van der Waals surface area contributed by atoms with Crippen molar-refractivity contribution < 1.29 is 23.4 Å². The fourth-order valence-corrected chi connectivity index (χ4v) is 4.35. The summed E-state index contributed by atoms with van der Waals surface area (Å²) in [6.07, 6.45) is -4.89. The van der Waals surface area contributed by atoms with Gasteiger partial charge in [0.1, 0.15) is 6.10 Å². The van der Waals surface area contributed by atoms with Gasteiger partial charge in [-0.05, 0) is 54.4 Å². The molecule has 31 heavy (non-hydrogen) atoms. The van der Waals surface area contributed by atoms with E-state index >= 15 is 0 Å². The maximum atomic E-state index is 12.9. The van der Waals surface area contributed by atoms with E-state index in [4.69, 9.17) is 4.98 Å². The van der Waals surface area contributed by atoms with Crippen LogP contribution in [0.3, 0.4) is 0 Å². The first-order chi connectivity index (χ1) is 14.3. The van der Waals surface area contributed by atoms with Crippen LogP contribution in [0.2, 0.25) is 0 Å². The van der Waals surface area contributed by atoms with Gasteiger partial charge in [0.25, 0.3) is 0 Å². The summed E-state index contributed by atoms with van der Waals surface area (Å²) in [5.41, 5.74) is 3.21. The van der Waals surface area contributed by atoms with Crippen molar-refractivity contribution in [2.75, 3.05) is 0 Å². The van der Waals surface area contributed by atoms with Crippen molar-refractivity contribution in [3.05, 3.63) is 63.5 Å². The molecule has 0 radical (unpaired) electrons. The molecule has 2 N–H and O–H groups in total. The van der Waals surface area contributed by atoms with Crippen LogP contribution in [0.15, 0.2) is 24.3 Å². The molecule has 1 aromatic carbocycles. The zero-order chi connectivity index (χ0) is 23.7. The number of hydrogen-bond acceptors (Lipinski definition) is 3. The number of hydrogen-bond donors (Lipinski definition) is 2. The van der Waals surface area contributed by atoms with E-state index in [9.17, 15) is 23.4 Å². The molecule has 2 aromatic rings. The number of rotatable bonds is 3. The minimum absolute atomic E-state index is 0.0141. The molecule has 0 bridgehead atoms. The molecule has 1 aliphatic rings. The Bertz CT molecular complexity index is 902. The molecule has 0 amide bonds. The van der Waals surface area contributed by atoms with Gasteiger partial charge in [0.15, 0.2) is 0 Å². The van der Waals surface area contributed by atoms with Gasteiger partial charge in [-0.25, -0.2) is 0 Å². The summed E-state index contributed by atoms with van der Waals surface area (Å²) in [7, 11) is 0. The molecule has 2 unspecified atom stereocenters. The Kier molecular flexibility index (Phi) is 7.59. The molecule has 6 heteroatoms. The Morgan fingerprint density at radius 3 is 2.13 bits per heavy atom. The predicted octanol–water partition coefficient (Wildman–Crippen LogP) is 6.65. The predicted molar refractivity (Wildman–Crippen MR) is 117 cm³/mol. The fourth-order valence-electron chi connectivity index (χ4n) is 4.35. The number of aliphatic hydroxyl groups excluding tert-OH is 2. The lowest BCUT2D eigenvalue weighted by atomic mass is 9.72. The molecule has 2 atom stereocenters. The van der Waals surface area contributed by atoms with Crippen LogP contribution in [0.5, 0.6) is 0 Å². The van der Waals surface area contributed by atoms with Gasteiger partial charge >= 0.3 is 6.18 Å². The molecule has 1 aromatic heterocycles. The van der Waals surface area contributed by atoms with Crippen molar-refractivity contribution in [1.29, 1.82) is 0 Å². The van der Waals surface area contributed by atoms with E-state index in [2.05, 4.69) is 13.8 Å². The van der Waals surface area contributed by atoms with E-state index < -0.39 is 23.9 Å². The number of aromatic nitrogens is 1. The van der Waals surface area contributed by atoms with E-state index in [0.29, 0.717) is 17.5 Å². The highest BCUT2D eigenvalue weighted by atomic mass is 19.4. The maximum Gasteiger partial charge on any atom is 0.416 e. The van der Waals surface area contributed by atoms with Crippen LogP contribution in [0, 0.1) is 12.3 Å². The first-order valence-corrected chi connectivity index (χ1v) is 10.9. The van der Waals surface area contributed by atoms with Gasteiger partial charge in [-0.2, -0.15) is 13.2 Å². The molecule has 0 spiro atoms. The summed E-state index contributed by atoms with van der Waals surface area (Å²) >= 11 is 0. The van der Waals surface area contributed by atoms with Gasteiger partial charge in [-0.1, -0.05) is 53.7 Å². The number of halogens is 3. The van der Waals surface area contributed by atoms with Gasteiger partial charge in [-0.15, -0.1) is 0 Å². The Morgan fingerprint density at radius 1 is 1.10 bits per heavy atom. The largest absolute Gasteiger partial charge is 0.416 e. The van der Waals surface area contributed by atoms with Crippen molar-refractivity contribution in [1.82, 2.24) is 4.98 Å². The first kappa shape index (κ1) is 25.3. The molecule has 0 saturated carbocycles. The van der Waals surface area contributed by atoms with Crippen LogP contribution >= 0.6 is 0 Å². The van der Waals surface area contributed by atoms with Crippen molar-refractivity contribution >= 4 is 0 Å². The van der Waals surface area contributed by atoms with E-state index in [1.165, 1.54) is 12.1 Å². The second-order valence-electron chi connectivity index (χ2n) is 9.13. The topological polar surface area (TPSA) is 53.4 Å². The molecule has 172 valence electrons. The summed E-state index contributed by atoms with van der Waals surface area (Å²) < 4.78 is 38.6. The SMILES string of the molecule is CC.Cc1c2c(nc(C(C)C)c1C(O)c1ccc(C(F)(F)F)cc1)CC(C)(C)CC2O. The average Bonchev–Trinajstić information content (AvgIpc) is 2.66. The van der Waals surface area contributed by atoms with Crippen molar-refractivity contribution in [2.45, 2.75) is 85.6 Å². The van der Waals surface area contributed by atoms with Gasteiger partial charge < -0.3 is 10.2 Å². The molecule has 0 aliphatic heterocycles. The van der Waals surface area contributed by atoms with Crippen LogP contribution in [0.25, 0.3) is 0 Å². The number of pyridine rings is 1. The number of nitrogens with zero attached hydrogens (tertiary/aromatic N) is 1. The zero-order valence-electron chi connectivity index (χ0n) is 19.4.